The Hall–Kier alpha value is -4.55. The van der Waals surface area contributed by atoms with Crippen LogP contribution in [0.2, 0.25) is 0 Å². The molecule has 1 aliphatic rings. The molecule has 0 saturated carbocycles. The number of ketones is 1. The molecule has 0 saturated heterocycles. The molecule has 5 nitrogen and oxygen atoms in total. The molecule has 0 unspecified atom stereocenters. The van der Waals surface area contributed by atoms with Gasteiger partial charge in [0, 0.05) is 27.9 Å². The molecule has 0 aliphatic carbocycles. The van der Waals surface area contributed by atoms with Gasteiger partial charge in [-0.2, -0.15) is 0 Å². The molecule has 0 spiro atoms. The first-order valence-electron chi connectivity index (χ1n) is 13.1. The number of amides is 1. The van der Waals surface area contributed by atoms with Gasteiger partial charge in [0.15, 0.2) is 5.78 Å². The van der Waals surface area contributed by atoms with Crippen molar-refractivity contribution in [3.05, 3.63) is 131 Å². The second-order valence-corrected chi connectivity index (χ2v) is 10.4. The highest BCUT2D eigenvalue weighted by Gasteiger charge is 2.48. The maximum absolute atomic E-state index is 14.1. The summed E-state index contributed by atoms with van der Waals surface area (Å²) in [6.07, 6.45) is 2.60. The third-order valence-corrected chi connectivity index (χ3v) is 7.13. The third kappa shape index (κ3) is 5.31. The Labute approximate surface area is 233 Å². The van der Waals surface area contributed by atoms with Crippen LogP contribution in [0, 0.1) is 5.82 Å². The van der Waals surface area contributed by atoms with Gasteiger partial charge in [-0.05, 0) is 74.9 Å². The summed E-state index contributed by atoms with van der Waals surface area (Å²) in [6.45, 7) is 4.98. The monoisotopic (exact) mass is 535 g/mol. The summed E-state index contributed by atoms with van der Waals surface area (Å²) < 4.78 is 20.4. The van der Waals surface area contributed by atoms with E-state index in [9.17, 15) is 19.1 Å². The highest BCUT2D eigenvalue weighted by molar-refractivity contribution is 6.07. The van der Waals surface area contributed by atoms with E-state index in [1.54, 1.807) is 50.2 Å². The van der Waals surface area contributed by atoms with E-state index in [2.05, 4.69) is 0 Å². The summed E-state index contributed by atoms with van der Waals surface area (Å²) >= 11 is 0. The number of hydrogen-bond donors (Lipinski definition) is 1. The second-order valence-electron chi connectivity index (χ2n) is 10.4. The fourth-order valence-corrected chi connectivity index (χ4v) is 4.97. The molecule has 0 fully saturated rings. The zero-order valence-electron chi connectivity index (χ0n) is 22.5. The number of aliphatic hydroxyl groups is 1. The lowest BCUT2D eigenvalue weighted by Crippen LogP contribution is -2.55. The van der Waals surface area contributed by atoms with Gasteiger partial charge in [0.05, 0.1) is 6.04 Å². The third-order valence-electron chi connectivity index (χ3n) is 7.13. The Morgan fingerprint density at radius 3 is 2.12 bits per heavy atom. The zero-order chi connectivity index (χ0) is 28.4. The van der Waals surface area contributed by atoms with E-state index >= 15 is 0 Å². The molecular formula is C34H30FNO4. The van der Waals surface area contributed by atoms with Gasteiger partial charge in [0.1, 0.15) is 23.3 Å². The van der Waals surface area contributed by atoms with Crippen molar-refractivity contribution in [2.75, 3.05) is 4.90 Å². The predicted molar refractivity (Wildman–Crippen MR) is 155 cm³/mol. The molecule has 4 aromatic carbocycles. The fourth-order valence-electron chi connectivity index (χ4n) is 4.97. The average Bonchev–Trinajstić information content (AvgIpc) is 2.95. The lowest BCUT2D eigenvalue weighted by Gasteiger charge is -2.47. The molecule has 0 bridgehead atoms. The topological polar surface area (TPSA) is 66.8 Å². The van der Waals surface area contributed by atoms with Crippen LogP contribution in [0.15, 0.2) is 97.1 Å². The van der Waals surface area contributed by atoms with Crippen LogP contribution in [0.25, 0.3) is 12.2 Å². The lowest BCUT2D eigenvalue weighted by atomic mass is 9.82. The first-order chi connectivity index (χ1) is 19.2. The van der Waals surface area contributed by atoms with Crippen LogP contribution in [0.5, 0.6) is 5.75 Å². The standard InChI is InChI=1S/C34H30FNO4/c1-22(37)26-20-25(15-14-23-10-6-4-7-11-23)31-29(21-26)30(32(38)34(2,3)40-31)36(28-18-16-27(35)17-19-28)33(39)24-12-8-5-9-13-24/h4-21,30,32,38H,1-3H3/b15-14+/t30-,32+/m0/s1. The Balaban J connectivity index is 1.75. The van der Waals surface area contributed by atoms with Crippen LogP contribution in [-0.4, -0.2) is 28.5 Å². The number of ether oxygens (including phenoxy) is 1. The Morgan fingerprint density at radius 1 is 0.875 bits per heavy atom. The predicted octanol–water partition coefficient (Wildman–Crippen LogP) is 7.12. The summed E-state index contributed by atoms with van der Waals surface area (Å²) in [4.78, 5) is 28.2. The summed E-state index contributed by atoms with van der Waals surface area (Å²) in [5.74, 6) is -0.533. The molecule has 2 atom stereocenters. The fraction of sp³-hybridized carbons (Fsp3) is 0.176. The zero-order valence-corrected chi connectivity index (χ0v) is 22.5. The highest BCUT2D eigenvalue weighted by Crippen LogP contribution is 2.47. The highest BCUT2D eigenvalue weighted by atomic mass is 19.1. The molecule has 6 heteroatoms. The van der Waals surface area contributed by atoms with E-state index in [0.717, 1.165) is 5.56 Å². The number of hydrogen-bond acceptors (Lipinski definition) is 4. The first kappa shape index (κ1) is 27.0. The molecule has 40 heavy (non-hydrogen) atoms. The Kier molecular flexibility index (Phi) is 7.37. The normalized spacial score (nSPS) is 17.6. The van der Waals surface area contributed by atoms with Crippen LogP contribution < -0.4 is 9.64 Å². The quantitative estimate of drug-likeness (QED) is 0.211. The molecule has 1 N–H and O–H groups in total. The van der Waals surface area contributed by atoms with Crippen molar-refractivity contribution >= 4 is 29.5 Å². The average molecular weight is 536 g/mol. The van der Waals surface area contributed by atoms with Crippen molar-refractivity contribution in [2.45, 2.75) is 38.5 Å². The van der Waals surface area contributed by atoms with E-state index in [4.69, 9.17) is 4.74 Å². The Bertz CT molecular complexity index is 1560. The molecule has 1 aliphatic heterocycles. The maximum Gasteiger partial charge on any atom is 0.258 e. The van der Waals surface area contributed by atoms with E-state index < -0.39 is 23.6 Å². The minimum atomic E-state index is -1.19. The molecule has 0 radical (unpaired) electrons. The first-order valence-corrected chi connectivity index (χ1v) is 13.1. The van der Waals surface area contributed by atoms with Crippen molar-refractivity contribution in [3.63, 3.8) is 0 Å². The van der Waals surface area contributed by atoms with E-state index in [1.807, 2.05) is 48.6 Å². The van der Waals surface area contributed by atoms with Gasteiger partial charge >= 0.3 is 0 Å². The molecular weight excluding hydrogens is 505 g/mol. The maximum atomic E-state index is 14.1. The van der Waals surface area contributed by atoms with Gasteiger partial charge in [-0.25, -0.2) is 4.39 Å². The minimum Gasteiger partial charge on any atom is -0.484 e. The van der Waals surface area contributed by atoms with Gasteiger partial charge < -0.3 is 9.84 Å². The van der Waals surface area contributed by atoms with Gasteiger partial charge in [0.25, 0.3) is 5.91 Å². The summed E-state index contributed by atoms with van der Waals surface area (Å²) in [7, 11) is 0. The number of Topliss-reactive ketones (excluding diaryl/α,β-unsaturated/α-hetero) is 1. The van der Waals surface area contributed by atoms with Crippen LogP contribution in [0.4, 0.5) is 10.1 Å². The summed E-state index contributed by atoms with van der Waals surface area (Å²) in [5.41, 5.74) is 2.19. The lowest BCUT2D eigenvalue weighted by molar-refractivity contribution is -0.0578. The van der Waals surface area contributed by atoms with E-state index in [0.29, 0.717) is 33.7 Å². The number of carbonyl (C=O) groups excluding carboxylic acids is 2. The van der Waals surface area contributed by atoms with Gasteiger partial charge in [0.2, 0.25) is 0 Å². The van der Waals surface area contributed by atoms with Crippen molar-refractivity contribution < 1.29 is 23.8 Å². The van der Waals surface area contributed by atoms with Crippen LogP contribution in [0.3, 0.4) is 0 Å². The SMILES string of the molecule is CC(=O)c1cc(/C=C/c2ccccc2)c2c(c1)[C@H](N(C(=O)c1ccccc1)c1ccc(F)cc1)[C@@H](O)C(C)(C)O2. The summed E-state index contributed by atoms with van der Waals surface area (Å²) in [5, 5.41) is 11.8. The molecule has 4 aromatic rings. The number of nitrogens with zero attached hydrogens (tertiary/aromatic N) is 1. The number of aliphatic hydroxyl groups excluding tert-OH is 1. The largest absolute Gasteiger partial charge is 0.484 e. The number of halogens is 1. The van der Waals surface area contributed by atoms with Gasteiger partial charge in [-0.15, -0.1) is 0 Å². The van der Waals surface area contributed by atoms with E-state index in [1.165, 1.54) is 36.1 Å². The van der Waals surface area contributed by atoms with Crippen molar-refractivity contribution in [3.8, 4) is 5.75 Å². The number of carbonyl (C=O) groups is 2. The van der Waals surface area contributed by atoms with Gasteiger partial charge in [-0.1, -0.05) is 60.7 Å². The molecule has 5 rings (SSSR count). The number of rotatable bonds is 6. The summed E-state index contributed by atoms with van der Waals surface area (Å²) in [6, 6.07) is 26.5. The van der Waals surface area contributed by atoms with Crippen molar-refractivity contribution in [1.82, 2.24) is 0 Å². The van der Waals surface area contributed by atoms with Crippen LogP contribution >= 0.6 is 0 Å². The Morgan fingerprint density at radius 2 is 1.50 bits per heavy atom. The number of anilines is 1. The smallest absolute Gasteiger partial charge is 0.258 e. The van der Waals surface area contributed by atoms with Gasteiger partial charge in [-0.3, -0.25) is 14.5 Å². The number of benzene rings is 4. The molecule has 1 amide bonds. The van der Waals surface area contributed by atoms with Crippen LogP contribution in [-0.2, 0) is 0 Å². The van der Waals surface area contributed by atoms with Crippen LogP contribution in [0.1, 0.15) is 64.2 Å². The van der Waals surface area contributed by atoms with Crippen molar-refractivity contribution in [1.29, 1.82) is 0 Å². The second kappa shape index (κ2) is 10.9. The van der Waals surface area contributed by atoms with Crippen molar-refractivity contribution in [2.24, 2.45) is 0 Å². The molecule has 202 valence electrons. The molecule has 0 aromatic heterocycles. The number of fused-ring (bicyclic) bond motifs is 1. The molecule has 1 heterocycles. The van der Waals surface area contributed by atoms with E-state index in [-0.39, 0.29) is 11.7 Å². The minimum absolute atomic E-state index is 0.169.